The Hall–Kier alpha value is -2.36. The number of aryl methyl sites for hydroxylation is 1. The third kappa shape index (κ3) is 4.09. The second kappa shape index (κ2) is 6.70. The summed E-state index contributed by atoms with van der Waals surface area (Å²) in [5, 5.41) is 5.37. The van der Waals surface area contributed by atoms with E-state index >= 15 is 0 Å². The monoisotopic (exact) mass is 272 g/mol. The molecule has 0 unspecified atom stereocenters. The third-order valence-electron chi connectivity index (χ3n) is 2.97. The maximum Gasteiger partial charge on any atom is 0.315 e. The van der Waals surface area contributed by atoms with Crippen molar-refractivity contribution in [3.8, 4) is 0 Å². The fraction of sp³-hybridized carbons (Fsp3) is 0.188. The van der Waals surface area contributed by atoms with Gasteiger partial charge in [-0.2, -0.15) is 0 Å². The summed E-state index contributed by atoms with van der Waals surface area (Å²) in [7, 11) is 0. The molecule has 2 aromatic rings. The zero-order valence-corrected chi connectivity index (χ0v) is 11.3. The van der Waals surface area contributed by atoms with Gasteiger partial charge >= 0.3 is 6.03 Å². The molecule has 0 bridgehead atoms. The van der Waals surface area contributed by atoms with Gasteiger partial charge in [0.15, 0.2) is 0 Å². The summed E-state index contributed by atoms with van der Waals surface area (Å²) in [5.41, 5.74) is 2.67. The highest BCUT2D eigenvalue weighted by atomic mass is 19.1. The first kappa shape index (κ1) is 14.1. The number of carbonyl (C=O) groups excluding carboxylic acids is 1. The lowest BCUT2D eigenvalue weighted by Gasteiger charge is -2.08. The van der Waals surface area contributed by atoms with Gasteiger partial charge in [-0.1, -0.05) is 48.0 Å². The average molecular weight is 272 g/mol. The van der Waals surface area contributed by atoms with Crippen molar-refractivity contribution in [3.63, 3.8) is 0 Å². The Morgan fingerprint density at radius 1 is 1.00 bits per heavy atom. The Morgan fingerprint density at radius 3 is 2.35 bits per heavy atom. The van der Waals surface area contributed by atoms with Crippen LogP contribution < -0.4 is 10.6 Å². The first-order valence-electron chi connectivity index (χ1n) is 6.46. The number of carbonyl (C=O) groups is 1. The van der Waals surface area contributed by atoms with Crippen molar-refractivity contribution in [1.82, 2.24) is 10.6 Å². The van der Waals surface area contributed by atoms with Gasteiger partial charge in [0.25, 0.3) is 0 Å². The lowest BCUT2D eigenvalue weighted by atomic mass is 10.1. The van der Waals surface area contributed by atoms with E-state index in [0.29, 0.717) is 12.1 Å². The standard InChI is InChI=1S/C16H17FN2O/c1-12-6-8-13(9-7-12)10-18-16(20)19-11-14-4-2-3-5-15(14)17/h2-9H,10-11H2,1H3,(H2,18,19,20). The van der Waals surface area contributed by atoms with Crippen LogP contribution in [0.25, 0.3) is 0 Å². The molecule has 20 heavy (non-hydrogen) atoms. The van der Waals surface area contributed by atoms with E-state index in [1.807, 2.05) is 31.2 Å². The van der Waals surface area contributed by atoms with E-state index in [-0.39, 0.29) is 18.4 Å². The molecule has 0 aliphatic rings. The van der Waals surface area contributed by atoms with Gasteiger partial charge in [0.2, 0.25) is 0 Å². The molecule has 0 aromatic heterocycles. The van der Waals surface area contributed by atoms with Crippen LogP contribution in [0.3, 0.4) is 0 Å². The third-order valence-corrected chi connectivity index (χ3v) is 2.97. The van der Waals surface area contributed by atoms with Crippen LogP contribution in [0.1, 0.15) is 16.7 Å². The van der Waals surface area contributed by atoms with Gasteiger partial charge in [0.05, 0.1) is 0 Å². The molecule has 0 aliphatic carbocycles. The fourth-order valence-electron chi connectivity index (χ4n) is 1.77. The van der Waals surface area contributed by atoms with Crippen molar-refractivity contribution in [2.75, 3.05) is 0 Å². The summed E-state index contributed by atoms with van der Waals surface area (Å²) in [5.74, 6) is -0.314. The van der Waals surface area contributed by atoms with Crippen molar-refractivity contribution in [3.05, 3.63) is 71.0 Å². The highest BCUT2D eigenvalue weighted by molar-refractivity contribution is 5.73. The largest absolute Gasteiger partial charge is 0.334 e. The Balaban J connectivity index is 1.78. The molecule has 0 saturated carbocycles. The molecule has 2 N–H and O–H groups in total. The van der Waals surface area contributed by atoms with Crippen LogP contribution in [-0.2, 0) is 13.1 Å². The normalized spacial score (nSPS) is 10.1. The Kier molecular flexibility index (Phi) is 4.71. The van der Waals surface area contributed by atoms with Gasteiger partial charge < -0.3 is 10.6 Å². The number of hydrogen-bond donors (Lipinski definition) is 2. The van der Waals surface area contributed by atoms with Crippen LogP contribution in [0, 0.1) is 12.7 Å². The first-order chi connectivity index (χ1) is 9.65. The molecule has 0 aliphatic heterocycles. The fourth-order valence-corrected chi connectivity index (χ4v) is 1.77. The van der Waals surface area contributed by atoms with E-state index in [4.69, 9.17) is 0 Å². The molecular formula is C16H17FN2O. The molecule has 104 valence electrons. The van der Waals surface area contributed by atoms with Crippen molar-refractivity contribution in [1.29, 1.82) is 0 Å². The van der Waals surface area contributed by atoms with Crippen molar-refractivity contribution >= 4 is 6.03 Å². The van der Waals surface area contributed by atoms with Crippen LogP contribution in [0.5, 0.6) is 0 Å². The van der Waals surface area contributed by atoms with Crippen LogP contribution in [0.2, 0.25) is 0 Å². The zero-order valence-electron chi connectivity index (χ0n) is 11.3. The van der Waals surface area contributed by atoms with Gasteiger partial charge in [-0.15, -0.1) is 0 Å². The van der Waals surface area contributed by atoms with E-state index in [1.54, 1.807) is 18.2 Å². The number of amides is 2. The lowest BCUT2D eigenvalue weighted by molar-refractivity contribution is 0.240. The first-order valence-corrected chi connectivity index (χ1v) is 6.46. The summed E-state index contributed by atoms with van der Waals surface area (Å²) >= 11 is 0. The summed E-state index contributed by atoms with van der Waals surface area (Å²) in [4.78, 5) is 11.6. The Morgan fingerprint density at radius 2 is 1.65 bits per heavy atom. The van der Waals surface area contributed by atoms with Gasteiger partial charge in [-0.3, -0.25) is 0 Å². The number of urea groups is 1. The predicted octanol–water partition coefficient (Wildman–Crippen LogP) is 3.13. The maximum absolute atomic E-state index is 13.4. The molecule has 2 amide bonds. The minimum Gasteiger partial charge on any atom is -0.334 e. The number of halogens is 1. The van der Waals surface area contributed by atoms with Gasteiger partial charge in [-0.25, -0.2) is 9.18 Å². The number of hydrogen-bond acceptors (Lipinski definition) is 1. The SMILES string of the molecule is Cc1ccc(CNC(=O)NCc2ccccc2F)cc1. The number of rotatable bonds is 4. The highest BCUT2D eigenvalue weighted by Crippen LogP contribution is 2.05. The Bertz CT molecular complexity index is 581. The van der Waals surface area contributed by atoms with E-state index in [0.717, 1.165) is 5.56 Å². The molecule has 0 fully saturated rings. The maximum atomic E-state index is 13.4. The van der Waals surface area contributed by atoms with Crippen LogP contribution in [0.15, 0.2) is 48.5 Å². The summed E-state index contributed by atoms with van der Waals surface area (Å²) < 4.78 is 13.4. The van der Waals surface area contributed by atoms with E-state index in [1.165, 1.54) is 11.6 Å². The minimum atomic E-state index is -0.314. The molecule has 3 nitrogen and oxygen atoms in total. The Labute approximate surface area is 117 Å². The minimum absolute atomic E-state index is 0.173. The average Bonchev–Trinajstić information content (AvgIpc) is 2.46. The number of benzene rings is 2. The molecule has 2 rings (SSSR count). The molecule has 0 spiro atoms. The second-order valence-corrected chi connectivity index (χ2v) is 4.61. The van der Waals surface area contributed by atoms with Gasteiger partial charge in [-0.05, 0) is 18.6 Å². The second-order valence-electron chi connectivity index (χ2n) is 4.61. The molecular weight excluding hydrogens is 255 g/mol. The van der Waals surface area contributed by atoms with E-state index in [2.05, 4.69) is 10.6 Å². The summed E-state index contributed by atoms with van der Waals surface area (Å²) in [6.07, 6.45) is 0. The zero-order chi connectivity index (χ0) is 14.4. The van der Waals surface area contributed by atoms with E-state index < -0.39 is 0 Å². The molecule has 0 radical (unpaired) electrons. The quantitative estimate of drug-likeness (QED) is 0.882. The predicted molar refractivity (Wildman–Crippen MR) is 76.7 cm³/mol. The van der Waals surface area contributed by atoms with Crippen molar-refractivity contribution in [2.45, 2.75) is 20.0 Å². The molecule has 0 saturated heterocycles. The summed E-state index contributed by atoms with van der Waals surface area (Å²) in [6.45, 7) is 2.63. The molecule has 0 atom stereocenters. The summed E-state index contributed by atoms with van der Waals surface area (Å²) in [6, 6.07) is 14.0. The molecule has 2 aromatic carbocycles. The topological polar surface area (TPSA) is 41.1 Å². The van der Waals surface area contributed by atoms with Gasteiger partial charge in [0, 0.05) is 18.7 Å². The van der Waals surface area contributed by atoms with Crippen molar-refractivity contribution < 1.29 is 9.18 Å². The van der Waals surface area contributed by atoms with Crippen LogP contribution in [-0.4, -0.2) is 6.03 Å². The van der Waals surface area contributed by atoms with Crippen molar-refractivity contribution in [2.24, 2.45) is 0 Å². The smallest absolute Gasteiger partial charge is 0.315 e. The molecule has 0 heterocycles. The number of nitrogens with one attached hydrogen (secondary N) is 2. The lowest BCUT2D eigenvalue weighted by Crippen LogP contribution is -2.34. The van der Waals surface area contributed by atoms with Crippen LogP contribution in [0.4, 0.5) is 9.18 Å². The van der Waals surface area contributed by atoms with Gasteiger partial charge in [0.1, 0.15) is 5.82 Å². The van der Waals surface area contributed by atoms with E-state index in [9.17, 15) is 9.18 Å². The molecule has 4 heteroatoms. The highest BCUT2D eigenvalue weighted by Gasteiger charge is 2.03. The van der Waals surface area contributed by atoms with Crippen LogP contribution >= 0.6 is 0 Å².